The highest BCUT2D eigenvalue weighted by Crippen LogP contribution is 2.33. The Hall–Kier alpha value is -4.61. The Labute approximate surface area is 257 Å². The number of fused-ring (bicyclic) bond motifs is 2. The van der Waals surface area contributed by atoms with E-state index in [0.29, 0.717) is 23.3 Å². The van der Waals surface area contributed by atoms with Crippen molar-refractivity contribution in [1.82, 2.24) is 29.8 Å². The number of carbonyl (C=O) groups excluding carboxylic acids is 3. The van der Waals surface area contributed by atoms with Crippen LogP contribution in [-0.2, 0) is 30.0 Å². The third-order valence-electron chi connectivity index (χ3n) is 7.92. The molecule has 0 bridgehead atoms. The maximum atomic E-state index is 13.6. The zero-order valence-corrected chi connectivity index (χ0v) is 26.6. The molecule has 1 aliphatic heterocycles. The Morgan fingerprint density at radius 3 is 2.36 bits per heavy atom. The average Bonchev–Trinajstić information content (AvgIpc) is 3.53. The number of nitrogens with one attached hydrogen (secondary N) is 2. The highest BCUT2D eigenvalue weighted by molar-refractivity contribution is 6.14. The summed E-state index contributed by atoms with van der Waals surface area (Å²) in [4.78, 5) is 42.8. The summed E-state index contributed by atoms with van der Waals surface area (Å²) in [6.07, 6.45) is 5.30. The van der Waals surface area contributed by atoms with Gasteiger partial charge in [-0.3, -0.25) is 19.0 Å². The van der Waals surface area contributed by atoms with Gasteiger partial charge in [-0.2, -0.15) is 10.2 Å². The Morgan fingerprint density at radius 2 is 1.70 bits per heavy atom. The van der Waals surface area contributed by atoms with Gasteiger partial charge in [0.15, 0.2) is 0 Å². The predicted octanol–water partition coefficient (Wildman–Crippen LogP) is 4.23. The molecular weight excluding hydrogens is 560 g/mol. The summed E-state index contributed by atoms with van der Waals surface area (Å²) in [5.41, 5.74) is 3.57. The Bertz CT molecular complexity index is 1710. The second kappa shape index (κ2) is 12.2. The van der Waals surface area contributed by atoms with Crippen molar-refractivity contribution < 1.29 is 19.1 Å². The van der Waals surface area contributed by atoms with Gasteiger partial charge >= 0.3 is 6.09 Å². The van der Waals surface area contributed by atoms with Gasteiger partial charge in [-0.15, -0.1) is 0 Å². The molecule has 3 heterocycles. The molecule has 0 radical (unpaired) electrons. The minimum Gasteiger partial charge on any atom is -0.444 e. The molecule has 2 N–H and O–H groups in total. The van der Waals surface area contributed by atoms with Crippen molar-refractivity contribution in [2.45, 2.75) is 58.6 Å². The topological polar surface area (TPSA) is 127 Å². The molecule has 4 aromatic rings. The van der Waals surface area contributed by atoms with Crippen LogP contribution >= 0.6 is 0 Å². The first kappa shape index (κ1) is 30.8. The van der Waals surface area contributed by atoms with E-state index in [-0.39, 0.29) is 30.4 Å². The summed E-state index contributed by atoms with van der Waals surface area (Å²) in [6, 6.07) is 7.56. The minimum atomic E-state index is -0.537. The van der Waals surface area contributed by atoms with Crippen LogP contribution in [0.3, 0.4) is 0 Å². The van der Waals surface area contributed by atoms with Crippen LogP contribution < -0.4 is 15.5 Å². The van der Waals surface area contributed by atoms with Crippen molar-refractivity contribution in [2.75, 3.05) is 36.9 Å². The monoisotopic (exact) mass is 602 g/mol. The Kier molecular flexibility index (Phi) is 8.53. The number of benzene rings is 2. The van der Waals surface area contributed by atoms with Gasteiger partial charge in [-0.25, -0.2) is 4.79 Å². The number of hydrogen-bond acceptors (Lipinski definition) is 7. The van der Waals surface area contributed by atoms with E-state index in [0.717, 1.165) is 53.5 Å². The van der Waals surface area contributed by atoms with Crippen molar-refractivity contribution in [3.8, 4) is 0 Å². The number of carbonyl (C=O) groups is 3. The van der Waals surface area contributed by atoms with E-state index in [1.165, 1.54) is 0 Å². The van der Waals surface area contributed by atoms with E-state index in [1.54, 1.807) is 22.5 Å². The lowest BCUT2D eigenvalue weighted by Crippen LogP contribution is -2.48. The number of aryl methyl sites for hydroxylation is 2. The van der Waals surface area contributed by atoms with E-state index in [9.17, 15) is 14.4 Å². The van der Waals surface area contributed by atoms with E-state index < -0.39 is 5.60 Å². The predicted molar refractivity (Wildman–Crippen MR) is 171 cm³/mol. The lowest BCUT2D eigenvalue weighted by molar-refractivity contribution is -0.119. The molecular formula is C32H42N8O4. The molecule has 5 rings (SSSR count). The third-order valence-corrected chi connectivity index (χ3v) is 7.92. The van der Waals surface area contributed by atoms with Crippen LogP contribution in [0.15, 0.2) is 36.7 Å². The summed E-state index contributed by atoms with van der Waals surface area (Å²) in [5.74, 6) is -0.425. The number of rotatable bonds is 7. The van der Waals surface area contributed by atoms with Crippen LogP contribution in [0.25, 0.3) is 21.8 Å². The van der Waals surface area contributed by atoms with Crippen molar-refractivity contribution in [1.29, 1.82) is 0 Å². The van der Waals surface area contributed by atoms with Crippen LogP contribution in [0.1, 0.15) is 56.5 Å². The van der Waals surface area contributed by atoms with Gasteiger partial charge in [-0.1, -0.05) is 0 Å². The molecule has 1 aliphatic rings. The Morgan fingerprint density at radius 1 is 1.02 bits per heavy atom. The fraction of sp³-hybridized carbons (Fsp3) is 0.469. The normalized spacial score (nSPS) is 14.2. The second-order valence-corrected chi connectivity index (χ2v) is 12.4. The van der Waals surface area contributed by atoms with Crippen LogP contribution in [0, 0.1) is 0 Å². The molecule has 0 aliphatic carbocycles. The van der Waals surface area contributed by atoms with Gasteiger partial charge < -0.3 is 25.2 Å². The first-order valence-corrected chi connectivity index (χ1v) is 15.1. The number of ether oxygens (including phenoxy) is 1. The molecule has 2 aromatic heterocycles. The van der Waals surface area contributed by atoms with Gasteiger partial charge in [0.25, 0.3) is 5.91 Å². The van der Waals surface area contributed by atoms with Crippen molar-refractivity contribution in [2.24, 2.45) is 14.1 Å². The first-order chi connectivity index (χ1) is 20.9. The molecule has 44 heavy (non-hydrogen) atoms. The fourth-order valence-electron chi connectivity index (χ4n) is 5.93. The van der Waals surface area contributed by atoms with Gasteiger partial charge in [0.05, 0.1) is 17.5 Å². The maximum absolute atomic E-state index is 13.6. The largest absolute Gasteiger partial charge is 0.444 e. The summed E-state index contributed by atoms with van der Waals surface area (Å²) in [6.45, 7) is 9.75. The highest BCUT2D eigenvalue weighted by atomic mass is 16.6. The van der Waals surface area contributed by atoms with E-state index in [2.05, 4.69) is 25.7 Å². The van der Waals surface area contributed by atoms with Crippen LogP contribution in [-0.4, -0.2) is 80.7 Å². The smallest absolute Gasteiger partial charge is 0.410 e. The number of amides is 3. The third kappa shape index (κ3) is 6.48. The first-order valence-electron chi connectivity index (χ1n) is 15.1. The van der Waals surface area contributed by atoms with Crippen LogP contribution in [0.2, 0.25) is 0 Å². The minimum absolute atomic E-state index is 0.103. The molecule has 0 saturated carbocycles. The summed E-state index contributed by atoms with van der Waals surface area (Å²) >= 11 is 0. The molecule has 3 amide bonds. The zero-order chi connectivity index (χ0) is 31.8. The number of nitrogens with zero attached hydrogens (tertiary/aromatic N) is 6. The fourth-order valence-corrected chi connectivity index (χ4v) is 5.93. The number of piperidine rings is 1. The van der Waals surface area contributed by atoms with E-state index in [4.69, 9.17) is 4.74 Å². The summed E-state index contributed by atoms with van der Waals surface area (Å²) < 4.78 is 9.07. The second-order valence-electron chi connectivity index (χ2n) is 12.4. The molecule has 0 atom stereocenters. The van der Waals surface area contributed by atoms with E-state index >= 15 is 0 Å². The zero-order valence-electron chi connectivity index (χ0n) is 26.6. The molecule has 12 heteroatoms. The molecule has 1 saturated heterocycles. The van der Waals surface area contributed by atoms with Gasteiger partial charge in [0, 0.05) is 81.4 Å². The number of aromatic nitrogens is 4. The standard InChI is InChI=1S/C32H42N8O4/c1-8-40(31(43)44-32(2,3)4)23-11-13-39(14-12-23)26-10-9-24(29-25(26)19-38(7)36-29)30(42)34-22-15-20(17-27(41)33-5)28-21(16-22)18-37(6)35-28/h9-10,15-16,18-19,23H,8,11-14,17H2,1-7H3,(H,33,41)(H,34,42). The lowest BCUT2D eigenvalue weighted by Gasteiger charge is -2.39. The average molecular weight is 603 g/mol. The molecule has 0 spiro atoms. The van der Waals surface area contributed by atoms with Crippen LogP contribution in [0.5, 0.6) is 0 Å². The lowest BCUT2D eigenvalue weighted by atomic mass is 10.0. The molecule has 2 aromatic carbocycles. The molecule has 12 nitrogen and oxygen atoms in total. The van der Waals surface area contributed by atoms with E-state index in [1.807, 2.05) is 77.3 Å². The quantitative estimate of drug-likeness (QED) is 0.324. The molecule has 234 valence electrons. The molecule has 0 unspecified atom stereocenters. The number of hydrogen-bond donors (Lipinski definition) is 2. The summed E-state index contributed by atoms with van der Waals surface area (Å²) in [7, 11) is 5.27. The maximum Gasteiger partial charge on any atom is 0.410 e. The SMILES string of the molecule is CCN(C(=O)OC(C)(C)C)C1CCN(c2ccc(C(=O)Nc3cc(CC(=O)NC)c4nn(C)cc4c3)c3nn(C)cc23)CC1. The number of anilines is 2. The van der Waals surface area contributed by atoms with Crippen molar-refractivity contribution in [3.63, 3.8) is 0 Å². The number of likely N-dealkylation sites (N-methyl/N-ethyl adjacent to an activating group) is 1. The van der Waals surface area contributed by atoms with Gasteiger partial charge in [-0.05, 0) is 70.4 Å². The van der Waals surface area contributed by atoms with Crippen molar-refractivity contribution >= 4 is 51.1 Å². The van der Waals surface area contributed by atoms with Gasteiger partial charge in [0.1, 0.15) is 11.1 Å². The van der Waals surface area contributed by atoms with Crippen LogP contribution in [0.4, 0.5) is 16.2 Å². The molecule has 1 fully saturated rings. The van der Waals surface area contributed by atoms with Gasteiger partial charge in [0.2, 0.25) is 5.91 Å². The Balaban J connectivity index is 1.36. The van der Waals surface area contributed by atoms with Crippen molar-refractivity contribution in [3.05, 3.63) is 47.8 Å². The highest BCUT2D eigenvalue weighted by Gasteiger charge is 2.31. The summed E-state index contributed by atoms with van der Waals surface area (Å²) in [5, 5.41) is 16.6.